The number of fused-ring (bicyclic) bond motifs is 2. The average molecular weight is 503 g/mol. The van der Waals surface area contributed by atoms with Gasteiger partial charge < -0.3 is 15.5 Å². The molecule has 0 aromatic carbocycles. The molecule has 2 saturated heterocycles. The SMILES string of the molecule is CN=C(NCCC1CC2CCC1C2)N1CCC(C2(C)NC(=O)NC2=O)CC1.I. The Kier molecular flexibility index (Phi) is 6.76. The van der Waals surface area contributed by atoms with E-state index in [4.69, 9.17) is 0 Å². The van der Waals surface area contributed by atoms with Crippen LogP contribution in [0.2, 0.25) is 0 Å². The van der Waals surface area contributed by atoms with E-state index in [9.17, 15) is 9.59 Å². The second-order valence-electron chi connectivity index (χ2n) is 9.07. The number of rotatable bonds is 4. The van der Waals surface area contributed by atoms with Crippen molar-refractivity contribution in [1.29, 1.82) is 0 Å². The van der Waals surface area contributed by atoms with Crippen LogP contribution in [0.15, 0.2) is 4.99 Å². The van der Waals surface area contributed by atoms with Crippen molar-refractivity contribution in [2.24, 2.45) is 28.7 Å². The molecule has 2 bridgehead atoms. The Labute approximate surface area is 184 Å². The summed E-state index contributed by atoms with van der Waals surface area (Å²) in [6.07, 6.45) is 8.80. The van der Waals surface area contributed by atoms with Gasteiger partial charge in [0.05, 0.1) is 0 Å². The predicted octanol–water partition coefficient (Wildman–Crippen LogP) is 2.32. The van der Waals surface area contributed by atoms with Gasteiger partial charge in [0.15, 0.2) is 5.96 Å². The minimum atomic E-state index is -0.776. The van der Waals surface area contributed by atoms with Crippen molar-refractivity contribution in [2.45, 2.75) is 57.4 Å². The van der Waals surface area contributed by atoms with Crippen molar-refractivity contribution >= 4 is 41.9 Å². The third kappa shape index (κ3) is 4.11. The van der Waals surface area contributed by atoms with Gasteiger partial charge in [-0.1, -0.05) is 6.42 Å². The topological polar surface area (TPSA) is 85.8 Å². The first-order valence-corrected chi connectivity index (χ1v) is 10.6. The molecule has 0 spiro atoms. The normalized spacial score (nSPS) is 35.6. The summed E-state index contributed by atoms with van der Waals surface area (Å²) >= 11 is 0. The summed E-state index contributed by atoms with van der Waals surface area (Å²) in [5.41, 5.74) is -0.776. The van der Waals surface area contributed by atoms with Crippen molar-refractivity contribution in [3.63, 3.8) is 0 Å². The van der Waals surface area contributed by atoms with Crippen LogP contribution < -0.4 is 16.0 Å². The van der Waals surface area contributed by atoms with Gasteiger partial charge >= 0.3 is 6.03 Å². The predicted molar refractivity (Wildman–Crippen MR) is 120 cm³/mol. The molecule has 4 rings (SSSR count). The van der Waals surface area contributed by atoms with Crippen LogP contribution in [0.1, 0.15) is 51.9 Å². The Bertz CT molecular complexity index is 634. The zero-order chi connectivity index (χ0) is 19.0. The Morgan fingerprint density at radius 1 is 1.21 bits per heavy atom. The van der Waals surface area contributed by atoms with E-state index < -0.39 is 5.54 Å². The maximum absolute atomic E-state index is 12.2. The molecular formula is C20H34IN5O2. The van der Waals surface area contributed by atoms with E-state index in [1.165, 1.54) is 32.1 Å². The number of carbonyl (C=O) groups excluding carboxylic acids is 2. The molecule has 28 heavy (non-hydrogen) atoms. The van der Waals surface area contributed by atoms with Crippen LogP contribution in [0.3, 0.4) is 0 Å². The highest BCUT2D eigenvalue weighted by Gasteiger charge is 2.48. The maximum Gasteiger partial charge on any atom is 0.322 e. The molecule has 0 aromatic rings. The van der Waals surface area contributed by atoms with Crippen LogP contribution in [0, 0.1) is 23.7 Å². The first-order chi connectivity index (χ1) is 13.0. The van der Waals surface area contributed by atoms with E-state index >= 15 is 0 Å². The number of nitrogens with zero attached hydrogens (tertiary/aromatic N) is 2. The quantitative estimate of drug-likeness (QED) is 0.238. The molecular weight excluding hydrogens is 469 g/mol. The molecule has 4 aliphatic rings. The number of piperidine rings is 1. The van der Waals surface area contributed by atoms with Crippen LogP contribution >= 0.6 is 24.0 Å². The highest BCUT2D eigenvalue weighted by molar-refractivity contribution is 14.0. The highest BCUT2D eigenvalue weighted by atomic mass is 127. The fourth-order valence-corrected chi connectivity index (χ4v) is 5.94. The fraction of sp³-hybridized carbons (Fsp3) is 0.850. The molecule has 4 atom stereocenters. The Hall–Kier alpha value is -1.06. The number of urea groups is 1. The molecule has 3 N–H and O–H groups in total. The Morgan fingerprint density at radius 2 is 1.96 bits per heavy atom. The summed E-state index contributed by atoms with van der Waals surface area (Å²) in [4.78, 5) is 30.4. The Balaban J connectivity index is 0.00000225. The van der Waals surface area contributed by atoms with E-state index in [1.807, 2.05) is 14.0 Å². The smallest absolute Gasteiger partial charge is 0.322 e. The van der Waals surface area contributed by atoms with Crippen LogP contribution in [-0.4, -0.2) is 55.0 Å². The number of imide groups is 1. The molecule has 2 heterocycles. The van der Waals surface area contributed by atoms with E-state index in [-0.39, 0.29) is 41.8 Å². The number of carbonyl (C=O) groups is 2. The van der Waals surface area contributed by atoms with Crippen LogP contribution in [0.4, 0.5) is 4.79 Å². The van der Waals surface area contributed by atoms with Gasteiger partial charge in [0.2, 0.25) is 0 Å². The lowest BCUT2D eigenvalue weighted by atomic mass is 9.79. The van der Waals surface area contributed by atoms with Crippen molar-refractivity contribution < 1.29 is 9.59 Å². The number of amides is 3. The minimum absolute atomic E-state index is 0. The van der Waals surface area contributed by atoms with Gasteiger partial charge in [-0.05, 0) is 69.1 Å². The average Bonchev–Trinajstić information content (AvgIpc) is 3.34. The van der Waals surface area contributed by atoms with Gasteiger partial charge in [-0.3, -0.25) is 15.1 Å². The monoisotopic (exact) mass is 503 g/mol. The first-order valence-electron chi connectivity index (χ1n) is 10.6. The van der Waals surface area contributed by atoms with Gasteiger partial charge in [-0.25, -0.2) is 4.79 Å². The number of hydrogen-bond acceptors (Lipinski definition) is 3. The maximum atomic E-state index is 12.2. The van der Waals surface area contributed by atoms with Gasteiger partial charge in [-0.2, -0.15) is 0 Å². The summed E-state index contributed by atoms with van der Waals surface area (Å²) < 4.78 is 0. The van der Waals surface area contributed by atoms with Gasteiger partial charge in [0, 0.05) is 26.7 Å². The molecule has 2 aliphatic carbocycles. The Morgan fingerprint density at radius 3 is 2.50 bits per heavy atom. The summed E-state index contributed by atoms with van der Waals surface area (Å²) in [7, 11) is 1.85. The van der Waals surface area contributed by atoms with Gasteiger partial charge in [0.25, 0.3) is 5.91 Å². The summed E-state index contributed by atoms with van der Waals surface area (Å²) in [6.45, 7) is 4.56. The summed E-state index contributed by atoms with van der Waals surface area (Å²) in [5.74, 6) is 3.83. The lowest BCUT2D eigenvalue weighted by Crippen LogP contribution is -2.55. The molecule has 8 heteroatoms. The molecule has 7 nitrogen and oxygen atoms in total. The number of likely N-dealkylation sites (tertiary alicyclic amines) is 1. The zero-order valence-corrected chi connectivity index (χ0v) is 19.3. The molecule has 4 unspecified atom stereocenters. The van der Waals surface area contributed by atoms with Gasteiger partial charge in [0.1, 0.15) is 5.54 Å². The molecule has 4 fully saturated rings. The lowest BCUT2D eigenvalue weighted by Gasteiger charge is -2.39. The number of aliphatic imine (C=N–C) groups is 1. The van der Waals surface area contributed by atoms with Crippen LogP contribution in [-0.2, 0) is 4.79 Å². The highest BCUT2D eigenvalue weighted by Crippen LogP contribution is 2.49. The standard InChI is InChI=1S/C20H33N5O2.HI/c1-20(17(26)23-19(27)24-20)16-6-9-25(10-7-16)18(21-2)22-8-5-15-12-13-3-4-14(15)11-13;/h13-16H,3-12H2,1-2H3,(H,21,22)(H2,23,24,26,27);1H. The molecule has 158 valence electrons. The lowest BCUT2D eigenvalue weighted by molar-refractivity contribution is -0.125. The van der Waals surface area contributed by atoms with E-state index in [2.05, 4.69) is 25.8 Å². The number of halogens is 1. The molecule has 2 saturated carbocycles. The zero-order valence-electron chi connectivity index (χ0n) is 17.0. The largest absolute Gasteiger partial charge is 0.356 e. The second-order valence-corrected chi connectivity index (χ2v) is 9.07. The third-order valence-electron chi connectivity index (χ3n) is 7.58. The van der Waals surface area contributed by atoms with Crippen molar-refractivity contribution in [1.82, 2.24) is 20.9 Å². The van der Waals surface area contributed by atoms with Crippen molar-refractivity contribution in [3.8, 4) is 0 Å². The number of hydrogen-bond donors (Lipinski definition) is 3. The minimum Gasteiger partial charge on any atom is -0.356 e. The molecule has 2 aliphatic heterocycles. The first kappa shape index (κ1) is 21.6. The fourth-order valence-electron chi connectivity index (χ4n) is 5.94. The van der Waals surface area contributed by atoms with Gasteiger partial charge in [-0.15, -0.1) is 24.0 Å². The van der Waals surface area contributed by atoms with Crippen molar-refractivity contribution in [3.05, 3.63) is 0 Å². The number of nitrogens with one attached hydrogen (secondary N) is 3. The summed E-state index contributed by atoms with van der Waals surface area (Å²) in [5, 5.41) is 8.76. The van der Waals surface area contributed by atoms with E-state index in [0.717, 1.165) is 56.2 Å². The molecule has 0 aromatic heterocycles. The molecule has 0 radical (unpaired) electrons. The van der Waals surface area contributed by atoms with E-state index in [0.29, 0.717) is 0 Å². The van der Waals surface area contributed by atoms with E-state index in [1.54, 1.807) is 0 Å². The summed E-state index contributed by atoms with van der Waals surface area (Å²) in [6, 6.07) is -0.372. The third-order valence-corrected chi connectivity index (χ3v) is 7.58. The van der Waals surface area contributed by atoms with Crippen LogP contribution in [0.25, 0.3) is 0 Å². The number of guanidine groups is 1. The van der Waals surface area contributed by atoms with Crippen LogP contribution in [0.5, 0.6) is 0 Å². The molecule has 3 amide bonds. The second kappa shape index (κ2) is 8.75. The van der Waals surface area contributed by atoms with Crippen molar-refractivity contribution in [2.75, 3.05) is 26.7 Å².